The molecule has 2 N–H and O–H groups in total. The fraction of sp³-hybridized carbons (Fsp3) is 0.227. The van der Waals surface area contributed by atoms with Gasteiger partial charge < -0.3 is 19.7 Å². The van der Waals surface area contributed by atoms with Crippen LogP contribution in [0, 0.1) is 5.82 Å². The number of nitrogens with one attached hydrogen (secondary N) is 2. The van der Waals surface area contributed by atoms with Gasteiger partial charge in [-0.2, -0.15) is 0 Å². The van der Waals surface area contributed by atoms with Gasteiger partial charge in [0.25, 0.3) is 11.8 Å². The summed E-state index contributed by atoms with van der Waals surface area (Å²) in [5.41, 5.74) is 1.28. The van der Waals surface area contributed by atoms with Crippen molar-refractivity contribution >= 4 is 29.2 Å². The Morgan fingerprint density at radius 3 is 2.50 bits per heavy atom. The Balaban J connectivity index is 1.52. The molecule has 3 aromatic rings. The normalized spacial score (nSPS) is 16.7. The van der Waals surface area contributed by atoms with Gasteiger partial charge in [0.05, 0.1) is 6.61 Å². The van der Waals surface area contributed by atoms with E-state index in [-0.39, 0.29) is 19.0 Å². The van der Waals surface area contributed by atoms with E-state index in [1.165, 1.54) is 41.3 Å². The average Bonchev–Trinajstić information content (AvgIpc) is 3.25. The number of esters is 1. The largest absolute Gasteiger partial charge is 0.449 e. The van der Waals surface area contributed by atoms with Gasteiger partial charge in [-0.25, -0.2) is 9.18 Å². The molecule has 11 nitrogen and oxygen atoms in total. The number of morpholine rings is 1. The third-order valence-electron chi connectivity index (χ3n) is 4.95. The van der Waals surface area contributed by atoms with Gasteiger partial charge in [-0.3, -0.25) is 23.9 Å². The third kappa shape index (κ3) is 5.02. The first kappa shape index (κ1) is 22.9. The zero-order valence-electron chi connectivity index (χ0n) is 17.8. The summed E-state index contributed by atoms with van der Waals surface area (Å²) in [5, 5.41) is 6.16. The first-order valence-electron chi connectivity index (χ1n) is 10.1. The Morgan fingerprint density at radius 1 is 1.18 bits per heavy atom. The number of amides is 2. The number of carbonyl (C=O) groups is 3. The van der Waals surface area contributed by atoms with Crippen LogP contribution in [0.25, 0.3) is 11.4 Å². The Morgan fingerprint density at radius 2 is 1.88 bits per heavy atom. The summed E-state index contributed by atoms with van der Waals surface area (Å²) in [6.07, 6.45) is -2.97. The van der Waals surface area contributed by atoms with Gasteiger partial charge in [-0.15, -0.1) is 0 Å². The summed E-state index contributed by atoms with van der Waals surface area (Å²) < 4.78 is 28.4. The summed E-state index contributed by atoms with van der Waals surface area (Å²) >= 11 is 0. The van der Waals surface area contributed by atoms with E-state index >= 15 is 0 Å². The van der Waals surface area contributed by atoms with Crippen molar-refractivity contribution < 1.29 is 32.8 Å². The summed E-state index contributed by atoms with van der Waals surface area (Å²) in [4.78, 5) is 52.6. The van der Waals surface area contributed by atoms with Gasteiger partial charge in [-0.1, -0.05) is 5.16 Å². The predicted molar refractivity (Wildman–Crippen MR) is 115 cm³/mol. The second-order valence-corrected chi connectivity index (χ2v) is 7.30. The number of hydrogen-bond donors (Lipinski definition) is 2. The third-order valence-corrected chi connectivity index (χ3v) is 4.95. The smallest absolute Gasteiger partial charge is 0.439 e. The van der Waals surface area contributed by atoms with Crippen molar-refractivity contribution in [3.8, 4) is 11.4 Å². The number of benzene rings is 2. The predicted octanol–water partition coefficient (Wildman–Crippen LogP) is 1.47. The van der Waals surface area contributed by atoms with E-state index in [1.54, 1.807) is 12.1 Å². The Kier molecular flexibility index (Phi) is 6.50. The summed E-state index contributed by atoms with van der Waals surface area (Å²) in [7, 11) is 0. The van der Waals surface area contributed by atoms with Crippen LogP contribution in [0.5, 0.6) is 0 Å². The molecule has 2 aromatic carbocycles. The zero-order valence-corrected chi connectivity index (χ0v) is 17.8. The maximum Gasteiger partial charge on any atom is 0.439 e. The number of carbonyl (C=O) groups excluding carboxylic acids is 3. The number of aromatic nitrogens is 2. The van der Waals surface area contributed by atoms with Gasteiger partial charge in [0.1, 0.15) is 5.82 Å². The molecular weight excluding hydrogens is 451 g/mol. The van der Waals surface area contributed by atoms with Crippen molar-refractivity contribution in [2.75, 3.05) is 23.4 Å². The number of nitrogens with zero attached hydrogens (tertiary/aromatic N) is 2. The fourth-order valence-corrected chi connectivity index (χ4v) is 3.41. The highest BCUT2D eigenvalue weighted by molar-refractivity contribution is 6.04. The molecule has 1 aliphatic rings. The van der Waals surface area contributed by atoms with Crippen LogP contribution >= 0.6 is 0 Å². The molecule has 0 unspecified atom stereocenters. The standard InChI is InChI=1S/C22H19FN4O7/c1-12(28)33-17(18-21(30)27(10-11-32-18)16-8-4-14(23)5-9-16)20(29)24-15-6-2-13(3-7-15)19-25-22(31)34-26-19/h2-9,17-18H,10-11H2,1H3,(H,24,29)(H,25,26,31)/t17-,18-/m1/s1. The lowest BCUT2D eigenvalue weighted by atomic mass is 10.1. The number of rotatable bonds is 6. The topological polar surface area (TPSA) is 144 Å². The molecular formula is C22H19FN4O7. The molecule has 2 amide bonds. The second kappa shape index (κ2) is 9.67. The van der Waals surface area contributed by atoms with Crippen LogP contribution in [0.4, 0.5) is 15.8 Å². The first-order valence-corrected chi connectivity index (χ1v) is 10.1. The molecule has 1 saturated heterocycles. The van der Waals surface area contributed by atoms with Crippen LogP contribution in [0.2, 0.25) is 0 Å². The van der Waals surface area contributed by atoms with E-state index < -0.39 is 41.6 Å². The highest BCUT2D eigenvalue weighted by Gasteiger charge is 2.42. The lowest BCUT2D eigenvalue weighted by molar-refractivity contribution is -0.167. The van der Waals surface area contributed by atoms with E-state index in [0.717, 1.165) is 6.92 Å². The van der Waals surface area contributed by atoms with E-state index in [1.807, 2.05) is 0 Å². The second-order valence-electron chi connectivity index (χ2n) is 7.30. The van der Waals surface area contributed by atoms with Gasteiger partial charge >= 0.3 is 11.7 Å². The molecule has 0 radical (unpaired) electrons. The van der Waals surface area contributed by atoms with Crippen LogP contribution in [-0.2, 0) is 23.9 Å². The maximum absolute atomic E-state index is 13.3. The molecule has 1 fully saturated rings. The van der Waals surface area contributed by atoms with Crippen LogP contribution in [0.1, 0.15) is 6.92 Å². The first-order chi connectivity index (χ1) is 16.3. The highest BCUT2D eigenvalue weighted by atomic mass is 19.1. The van der Waals surface area contributed by atoms with E-state index in [9.17, 15) is 23.6 Å². The molecule has 1 aromatic heterocycles. The number of aromatic amines is 1. The minimum absolute atomic E-state index is 0.0728. The quantitative estimate of drug-likeness (QED) is 0.516. The minimum atomic E-state index is -1.57. The average molecular weight is 470 g/mol. The molecule has 0 spiro atoms. The van der Waals surface area contributed by atoms with Crippen LogP contribution in [-0.4, -0.2) is 53.3 Å². The van der Waals surface area contributed by atoms with Crippen molar-refractivity contribution in [2.24, 2.45) is 0 Å². The Labute approximate surface area is 191 Å². The molecule has 0 saturated carbocycles. The molecule has 12 heteroatoms. The van der Waals surface area contributed by atoms with Gasteiger partial charge in [0.2, 0.25) is 6.10 Å². The summed E-state index contributed by atoms with van der Waals surface area (Å²) in [6.45, 7) is 1.36. The van der Waals surface area contributed by atoms with Crippen LogP contribution < -0.4 is 16.0 Å². The van der Waals surface area contributed by atoms with Crippen LogP contribution in [0.3, 0.4) is 0 Å². The number of hydrogen-bond acceptors (Lipinski definition) is 8. The summed E-state index contributed by atoms with van der Waals surface area (Å²) in [5.74, 6) is -3.12. The molecule has 2 heterocycles. The van der Waals surface area contributed by atoms with E-state index in [0.29, 0.717) is 16.9 Å². The SMILES string of the molecule is CC(=O)O[C@@H](C(=O)Nc1ccc(-c2noc(=O)[nH]2)cc1)[C@H]1OCCN(c2ccc(F)cc2)C1=O. The van der Waals surface area contributed by atoms with E-state index in [4.69, 9.17) is 9.47 Å². The van der Waals surface area contributed by atoms with Gasteiger partial charge in [0, 0.05) is 30.4 Å². The van der Waals surface area contributed by atoms with Gasteiger partial charge in [-0.05, 0) is 48.5 Å². The molecule has 2 atom stereocenters. The molecule has 176 valence electrons. The zero-order chi connectivity index (χ0) is 24.2. The Bertz CT molecular complexity index is 1250. The fourth-order valence-electron chi connectivity index (χ4n) is 3.41. The summed E-state index contributed by atoms with van der Waals surface area (Å²) in [6, 6.07) is 11.5. The minimum Gasteiger partial charge on any atom is -0.449 e. The van der Waals surface area contributed by atoms with Crippen molar-refractivity contribution in [3.63, 3.8) is 0 Å². The molecule has 0 bridgehead atoms. The van der Waals surface area contributed by atoms with Gasteiger partial charge in [0.15, 0.2) is 11.9 Å². The van der Waals surface area contributed by atoms with E-state index in [2.05, 4.69) is 20.0 Å². The number of halogens is 1. The highest BCUT2D eigenvalue weighted by Crippen LogP contribution is 2.23. The molecule has 0 aliphatic carbocycles. The number of ether oxygens (including phenoxy) is 2. The maximum atomic E-state index is 13.3. The molecule has 1 aliphatic heterocycles. The molecule has 34 heavy (non-hydrogen) atoms. The number of anilines is 2. The number of H-pyrrole nitrogens is 1. The molecule has 4 rings (SSSR count). The lowest BCUT2D eigenvalue weighted by Gasteiger charge is -2.35. The monoisotopic (exact) mass is 470 g/mol. The van der Waals surface area contributed by atoms with Crippen molar-refractivity contribution in [3.05, 3.63) is 64.9 Å². The van der Waals surface area contributed by atoms with Crippen LogP contribution in [0.15, 0.2) is 57.8 Å². The van der Waals surface area contributed by atoms with Crippen molar-refractivity contribution in [2.45, 2.75) is 19.1 Å². The lowest BCUT2D eigenvalue weighted by Crippen LogP contribution is -2.56. The van der Waals surface area contributed by atoms with Crippen molar-refractivity contribution in [1.29, 1.82) is 0 Å². The Hall–Kier alpha value is -4.32. The van der Waals surface area contributed by atoms with Crippen molar-refractivity contribution in [1.82, 2.24) is 10.1 Å².